The van der Waals surface area contributed by atoms with Gasteiger partial charge in [-0.25, -0.2) is 0 Å². The van der Waals surface area contributed by atoms with Gasteiger partial charge in [-0.3, -0.25) is 4.68 Å². The van der Waals surface area contributed by atoms with E-state index in [1.54, 1.807) is 10.9 Å². The third-order valence-corrected chi connectivity index (χ3v) is 2.97. The van der Waals surface area contributed by atoms with Crippen molar-refractivity contribution in [1.29, 1.82) is 0 Å². The first kappa shape index (κ1) is 13.6. The van der Waals surface area contributed by atoms with E-state index >= 15 is 0 Å². The fraction of sp³-hybridized carbons (Fsp3) is 0.308. The third kappa shape index (κ3) is 2.78. The number of hydrogen-bond acceptors (Lipinski definition) is 2. The van der Waals surface area contributed by atoms with Gasteiger partial charge in [0.25, 0.3) is 0 Å². The Morgan fingerprint density at radius 2 is 1.84 bits per heavy atom. The molecule has 0 spiro atoms. The van der Waals surface area contributed by atoms with Crippen LogP contribution < -0.4 is 5.73 Å². The number of nitrogens with zero attached hydrogens (tertiary/aromatic N) is 2. The van der Waals surface area contributed by atoms with Gasteiger partial charge in [-0.15, -0.1) is 0 Å². The summed E-state index contributed by atoms with van der Waals surface area (Å²) in [6.07, 6.45) is -2.66. The van der Waals surface area contributed by atoms with E-state index in [0.29, 0.717) is 18.7 Å². The first-order chi connectivity index (χ1) is 8.93. The molecular formula is C13H14F3N3. The molecule has 0 fully saturated rings. The van der Waals surface area contributed by atoms with E-state index in [4.69, 9.17) is 5.73 Å². The Hall–Kier alpha value is -1.82. The molecule has 0 aliphatic carbocycles. The van der Waals surface area contributed by atoms with Crippen LogP contribution in [0.15, 0.2) is 30.5 Å². The second-order valence-corrected chi connectivity index (χ2v) is 4.23. The van der Waals surface area contributed by atoms with Crippen molar-refractivity contribution in [3.8, 4) is 11.1 Å². The summed E-state index contributed by atoms with van der Waals surface area (Å²) in [6.45, 7) is 2.93. The summed E-state index contributed by atoms with van der Waals surface area (Å²) in [5.41, 5.74) is 7.24. The van der Waals surface area contributed by atoms with Crippen LogP contribution in [-0.2, 0) is 12.7 Å². The highest BCUT2D eigenvalue weighted by molar-refractivity contribution is 5.65. The standard InChI is InChI=1S/C13H14F3N3/c1-9-12(8-18-19(9)7-6-17)10-2-4-11(5-3-10)13(14,15)16/h2-5,8H,6-7,17H2,1H3. The van der Waals surface area contributed by atoms with Crippen molar-refractivity contribution in [1.82, 2.24) is 9.78 Å². The summed E-state index contributed by atoms with van der Waals surface area (Å²) in [5, 5.41) is 4.17. The predicted molar refractivity (Wildman–Crippen MR) is 66.5 cm³/mol. The average Bonchev–Trinajstić information content (AvgIpc) is 2.71. The quantitative estimate of drug-likeness (QED) is 0.931. The summed E-state index contributed by atoms with van der Waals surface area (Å²) in [6, 6.07) is 5.07. The second kappa shape index (κ2) is 5.05. The molecule has 0 radical (unpaired) electrons. The lowest BCUT2D eigenvalue weighted by atomic mass is 10.0. The first-order valence-corrected chi connectivity index (χ1v) is 5.83. The Morgan fingerprint density at radius 1 is 1.21 bits per heavy atom. The van der Waals surface area contributed by atoms with Gasteiger partial charge in [0, 0.05) is 17.8 Å². The Labute approximate surface area is 108 Å². The summed E-state index contributed by atoms with van der Waals surface area (Å²) in [7, 11) is 0. The van der Waals surface area contributed by atoms with E-state index in [0.717, 1.165) is 23.4 Å². The molecule has 0 aliphatic heterocycles. The summed E-state index contributed by atoms with van der Waals surface area (Å²) in [5.74, 6) is 0. The van der Waals surface area contributed by atoms with Crippen LogP contribution in [-0.4, -0.2) is 16.3 Å². The SMILES string of the molecule is Cc1c(-c2ccc(C(F)(F)F)cc2)cnn1CCN. The number of halogens is 3. The van der Waals surface area contributed by atoms with Crippen molar-refractivity contribution in [3.63, 3.8) is 0 Å². The molecule has 2 N–H and O–H groups in total. The smallest absolute Gasteiger partial charge is 0.329 e. The first-order valence-electron chi connectivity index (χ1n) is 5.83. The lowest BCUT2D eigenvalue weighted by molar-refractivity contribution is -0.137. The largest absolute Gasteiger partial charge is 0.416 e. The van der Waals surface area contributed by atoms with E-state index in [2.05, 4.69) is 5.10 Å². The molecule has 6 heteroatoms. The van der Waals surface area contributed by atoms with Crippen LogP contribution in [0.2, 0.25) is 0 Å². The lowest BCUT2D eigenvalue weighted by Crippen LogP contribution is -2.12. The lowest BCUT2D eigenvalue weighted by Gasteiger charge is -2.08. The molecule has 0 atom stereocenters. The minimum absolute atomic E-state index is 0.467. The minimum atomic E-state index is -4.31. The zero-order valence-electron chi connectivity index (χ0n) is 10.4. The van der Waals surface area contributed by atoms with Crippen LogP contribution >= 0.6 is 0 Å². The summed E-state index contributed by atoms with van der Waals surface area (Å²) >= 11 is 0. The molecule has 0 saturated carbocycles. The fourth-order valence-corrected chi connectivity index (χ4v) is 1.92. The van der Waals surface area contributed by atoms with Gasteiger partial charge in [0.15, 0.2) is 0 Å². The van der Waals surface area contributed by atoms with Gasteiger partial charge in [-0.2, -0.15) is 18.3 Å². The summed E-state index contributed by atoms with van der Waals surface area (Å²) in [4.78, 5) is 0. The van der Waals surface area contributed by atoms with Gasteiger partial charge in [-0.1, -0.05) is 12.1 Å². The molecule has 1 aromatic heterocycles. The Kier molecular flexibility index (Phi) is 3.61. The Morgan fingerprint density at radius 3 is 2.37 bits per heavy atom. The molecule has 0 amide bonds. The van der Waals surface area contributed by atoms with Crippen molar-refractivity contribution < 1.29 is 13.2 Å². The number of nitrogens with two attached hydrogens (primary N) is 1. The Bertz CT molecular complexity index is 556. The van der Waals surface area contributed by atoms with Crippen molar-refractivity contribution in [3.05, 3.63) is 41.7 Å². The van der Waals surface area contributed by atoms with Crippen LogP contribution in [0.25, 0.3) is 11.1 Å². The highest BCUT2D eigenvalue weighted by Gasteiger charge is 2.30. The molecule has 0 unspecified atom stereocenters. The monoisotopic (exact) mass is 269 g/mol. The normalized spacial score (nSPS) is 11.8. The maximum atomic E-state index is 12.5. The van der Waals surface area contributed by atoms with E-state index in [1.807, 2.05) is 6.92 Å². The van der Waals surface area contributed by atoms with Crippen molar-refractivity contribution in [2.75, 3.05) is 6.54 Å². The van der Waals surface area contributed by atoms with Gasteiger partial charge >= 0.3 is 6.18 Å². The number of aromatic nitrogens is 2. The summed E-state index contributed by atoms with van der Waals surface area (Å²) < 4.78 is 39.2. The van der Waals surface area contributed by atoms with Gasteiger partial charge in [0.2, 0.25) is 0 Å². The molecule has 2 rings (SSSR count). The van der Waals surface area contributed by atoms with Crippen LogP contribution in [0.4, 0.5) is 13.2 Å². The van der Waals surface area contributed by atoms with Gasteiger partial charge in [-0.05, 0) is 24.6 Å². The predicted octanol–water partition coefficient (Wildman–Crippen LogP) is 2.84. The van der Waals surface area contributed by atoms with Crippen molar-refractivity contribution in [2.24, 2.45) is 5.73 Å². The molecule has 3 nitrogen and oxygen atoms in total. The third-order valence-electron chi connectivity index (χ3n) is 2.97. The number of benzene rings is 1. The molecule has 19 heavy (non-hydrogen) atoms. The number of hydrogen-bond donors (Lipinski definition) is 1. The van der Waals surface area contributed by atoms with Gasteiger partial charge in [0.1, 0.15) is 0 Å². The fourth-order valence-electron chi connectivity index (χ4n) is 1.92. The topological polar surface area (TPSA) is 43.8 Å². The minimum Gasteiger partial charge on any atom is -0.329 e. The molecule has 1 heterocycles. The van der Waals surface area contributed by atoms with Crippen LogP contribution in [0.5, 0.6) is 0 Å². The maximum Gasteiger partial charge on any atom is 0.416 e. The van der Waals surface area contributed by atoms with E-state index in [9.17, 15) is 13.2 Å². The molecule has 0 saturated heterocycles. The van der Waals surface area contributed by atoms with Crippen LogP contribution in [0, 0.1) is 6.92 Å². The van der Waals surface area contributed by atoms with Gasteiger partial charge < -0.3 is 5.73 Å². The van der Waals surface area contributed by atoms with Gasteiger partial charge in [0.05, 0.1) is 18.3 Å². The molecule has 2 aromatic rings. The maximum absolute atomic E-state index is 12.5. The number of alkyl halides is 3. The van der Waals surface area contributed by atoms with Crippen molar-refractivity contribution >= 4 is 0 Å². The molecule has 0 bridgehead atoms. The van der Waals surface area contributed by atoms with Crippen molar-refractivity contribution in [2.45, 2.75) is 19.6 Å². The molecule has 0 aliphatic rings. The molecule has 1 aromatic carbocycles. The highest BCUT2D eigenvalue weighted by Crippen LogP contribution is 2.31. The van der Waals surface area contributed by atoms with Crippen LogP contribution in [0.1, 0.15) is 11.3 Å². The second-order valence-electron chi connectivity index (χ2n) is 4.23. The zero-order valence-corrected chi connectivity index (χ0v) is 10.4. The Balaban J connectivity index is 2.32. The van der Waals surface area contributed by atoms with E-state index in [1.165, 1.54) is 12.1 Å². The zero-order chi connectivity index (χ0) is 14.0. The van der Waals surface area contributed by atoms with E-state index in [-0.39, 0.29) is 0 Å². The number of rotatable bonds is 3. The molecule has 102 valence electrons. The average molecular weight is 269 g/mol. The van der Waals surface area contributed by atoms with E-state index < -0.39 is 11.7 Å². The van der Waals surface area contributed by atoms with Crippen LogP contribution in [0.3, 0.4) is 0 Å². The highest BCUT2D eigenvalue weighted by atomic mass is 19.4. The molecular weight excluding hydrogens is 255 g/mol.